The Balaban J connectivity index is 2.22. The third-order valence-electron chi connectivity index (χ3n) is 3.48. The monoisotopic (exact) mass is 331 g/mol. The highest BCUT2D eigenvalue weighted by molar-refractivity contribution is 5.90. The first-order chi connectivity index (χ1) is 11.6. The number of hydrogen-bond donors (Lipinski definition) is 3. The predicted molar refractivity (Wildman–Crippen MR) is 92.5 cm³/mol. The number of anilines is 4. The molecule has 0 amide bonds. The molecule has 24 heavy (non-hydrogen) atoms. The number of ether oxygens (including phenoxy) is 1. The van der Waals surface area contributed by atoms with Crippen LogP contribution in [0.1, 0.15) is 17.3 Å². The molecule has 1 aromatic heterocycles. The van der Waals surface area contributed by atoms with E-state index in [9.17, 15) is 4.79 Å². The summed E-state index contributed by atoms with van der Waals surface area (Å²) in [6, 6.07) is 6.77. The van der Waals surface area contributed by atoms with E-state index in [1.807, 2.05) is 11.8 Å². The molecule has 0 unspecified atom stereocenters. The van der Waals surface area contributed by atoms with Crippen molar-refractivity contribution >= 4 is 29.0 Å². The van der Waals surface area contributed by atoms with Crippen LogP contribution >= 0.6 is 0 Å². The molecule has 0 fully saturated rings. The molecule has 128 valence electrons. The van der Waals surface area contributed by atoms with Gasteiger partial charge in [0.05, 0.1) is 19.3 Å². The Hall–Kier alpha value is -2.87. The van der Waals surface area contributed by atoms with Crippen molar-refractivity contribution in [3.05, 3.63) is 36.2 Å². The van der Waals surface area contributed by atoms with Crippen molar-refractivity contribution in [2.75, 3.05) is 42.8 Å². The molecule has 1 aromatic carbocycles. The summed E-state index contributed by atoms with van der Waals surface area (Å²) in [6.07, 6.45) is 1.41. The molecule has 0 radical (unpaired) electrons. The number of aliphatic hydroxyl groups excluding tert-OH is 1. The molecule has 0 saturated heterocycles. The third-order valence-corrected chi connectivity index (χ3v) is 3.48. The highest BCUT2D eigenvalue weighted by Crippen LogP contribution is 2.28. The molecule has 0 aliphatic heterocycles. The first-order valence-corrected chi connectivity index (χ1v) is 7.52. The van der Waals surface area contributed by atoms with E-state index in [4.69, 9.17) is 10.8 Å². The van der Waals surface area contributed by atoms with Crippen LogP contribution in [0.5, 0.6) is 0 Å². The van der Waals surface area contributed by atoms with Crippen molar-refractivity contribution in [1.82, 2.24) is 9.97 Å². The molecule has 0 atom stereocenters. The number of nitrogen functional groups attached to an aromatic ring is 1. The minimum Gasteiger partial charge on any atom is -0.465 e. The van der Waals surface area contributed by atoms with E-state index in [2.05, 4.69) is 20.0 Å². The second kappa shape index (κ2) is 8.11. The second-order valence-corrected chi connectivity index (χ2v) is 4.96. The van der Waals surface area contributed by atoms with Crippen molar-refractivity contribution < 1.29 is 14.6 Å². The number of aromatic nitrogens is 2. The lowest BCUT2D eigenvalue weighted by Gasteiger charge is -2.23. The number of aliphatic hydroxyl groups is 1. The number of likely N-dealkylation sites (N-methyl/N-ethyl adjacent to an activating group) is 1. The molecule has 0 spiro atoms. The van der Waals surface area contributed by atoms with E-state index >= 15 is 0 Å². The minimum atomic E-state index is -0.395. The molecular formula is C16H21N5O3. The molecule has 0 saturated carbocycles. The Morgan fingerprint density at radius 3 is 2.62 bits per heavy atom. The van der Waals surface area contributed by atoms with Gasteiger partial charge in [-0.15, -0.1) is 0 Å². The summed E-state index contributed by atoms with van der Waals surface area (Å²) < 4.78 is 4.67. The zero-order valence-electron chi connectivity index (χ0n) is 13.7. The van der Waals surface area contributed by atoms with Crippen LogP contribution in [-0.4, -0.2) is 47.8 Å². The zero-order valence-corrected chi connectivity index (χ0v) is 13.7. The quantitative estimate of drug-likeness (QED) is 0.653. The lowest BCUT2D eigenvalue weighted by Crippen LogP contribution is -2.28. The number of hydrogen-bond acceptors (Lipinski definition) is 8. The maximum atomic E-state index is 11.4. The van der Waals surface area contributed by atoms with Gasteiger partial charge in [-0.05, 0) is 31.2 Å². The number of methoxy groups -OCH3 is 1. The Kier molecular flexibility index (Phi) is 5.91. The van der Waals surface area contributed by atoms with Gasteiger partial charge in [0.1, 0.15) is 12.0 Å². The average molecular weight is 331 g/mol. The van der Waals surface area contributed by atoms with E-state index in [0.717, 1.165) is 5.69 Å². The van der Waals surface area contributed by atoms with E-state index in [0.29, 0.717) is 36.0 Å². The fraction of sp³-hybridized carbons (Fsp3) is 0.312. The van der Waals surface area contributed by atoms with Crippen LogP contribution in [0.3, 0.4) is 0 Å². The summed E-state index contributed by atoms with van der Waals surface area (Å²) in [5.41, 5.74) is 7.73. The lowest BCUT2D eigenvalue weighted by molar-refractivity contribution is 0.0601. The molecule has 4 N–H and O–H groups in total. The molecule has 2 aromatic rings. The first-order valence-electron chi connectivity index (χ1n) is 7.52. The van der Waals surface area contributed by atoms with Gasteiger partial charge in [-0.2, -0.15) is 0 Å². The highest BCUT2D eigenvalue weighted by atomic mass is 16.5. The Bertz CT molecular complexity index is 691. The van der Waals surface area contributed by atoms with Gasteiger partial charge in [-0.3, -0.25) is 0 Å². The maximum absolute atomic E-state index is 11.4. The van der Waals surface area contributed by atoms with Gasteiger partial charge < -0.3 is 25.8 Å². The fourth-order valence-corrected chi connectivity index (χ4v) is 2.22. The summed E-state index contributed by atoms with van der Waals surface area (Å²) in [5, 5.41) is 12.2. The van der Waals surface area contributed by atoms with Gasteiger partial charge in [0.15, 0.2) is 11.6 Å². The molecular weight excluding hydrogens is 310 g/mol. The van der Waals surface area contributed by atoms with Gasteiger partial charge in [-0.25, -0.2) is 14.8 Å². The van der Waals surface area contributed by atoms with Crippen LogP contribution < -0.4 is 16.0 Å². The second-order valence-electron chi connectivity index (χ2n) is 4.96. The van der Waals surface area contributed by atoms with Crippen LogP contribution in [-0.2, 0) is 4.74 Å². The Morgan fingerprint density at radius 2 is 2.04 bits per heavy atom. The van der Waals surface area contributed by atoms with Crippen molar-refractivity contribution in [2.45, 2.75) is 6.92 Å². The number of nitrogens with zero attached hydrogens (tertiary/aromatic N) is 3. The van der Waals surface area contributed by atoms with Crippen molar-refractivity contribution in [3.8, 4) is 0 Å². The van der Waals surface area contributed by atoms with Crippen molar-refractivity contribution in [1.29, 1.82) is 0 Å². The number of nitrogens with two attached hydrogens (primary N) is 1. The van der Waals surface area contributed by atoms with Gasteiger partial charge in [-0.1, -0.05) is 0 Å². The first kappa shape index (κ1) is 17.5. The average Bonchev–Trinajstić information content (AvgIpc) is 2.61. The summed E-state index contributed by atoms with van der Waals surface area (Å²) in [7, 11) is 1.34. The molecule has 0 bridgehead atoms. The van der Waals surface area contributed by atoms with E-state index in [1.54, 1.807) is 24.3 Å². The molecule has 1 heterocycles. The number of rotatable bonds is 7. The molecule has 2 rings (SSSR count). The van der Waals surface area contributed by atoms with E-state index in [-0.39, 0.29) is 6.61 Å². The van der Waals surface area contributed by atoms with Gasteiger partial charge in [0.25, 0.3) is 0 Å². The van der Waals surface area contributed by atoms with Gasteiger partial charge in [0, 0.05) is 18.8 Å². The van der Waals surface area contributed by atoms with Crippen LogP contribution in [0.15, 0.2) is 30.6 Å². The topological polar surface area (TPSA) is 114 Å². The maximum Gasteiger partial charge on any atom is 0.337 e. The molecule has 0 aliphatic carbocycles. The standard InChI is InChI=1S/C16H21N5O3/c1-3-21(8-9-22)15-13(17)14(18-10-19-15)20-12-6-4-11(5-7-12)16(23)24-2/h4-7,10,22H,3,8-9,17H2,1-2H3,(H,18,19,20). The summed E-state index contributed by atoms with van der Waals surface area (Å²) in [6.45, 7) is 3.06. The molecule has 0 aliphatic rings. The van der Waals surface area contributed by atoms with Crippen molar-refractivity contribution in [2.24, 2.45) is 0 Å². The smallest absolute Gasteiger partial charge is 0.337 e. The van der Waals surface area contributed by atoms with Gasteiger partial charge in [0.2, 0.25) is 0 Å². The number of carbonyl (C=O) groups excluding carboxylic acids is 1. The molecule has 8 nitrogen and oxygen atoms in total. The minimum absolute atomic E-state index is 0.00896. The largest absolute Gasteiger partial charge is 0.465 e. The Morgan fingerprint density at radius 1 is 1.33 bits per heavy atom. The van der Waals surface area contributed by atoms with E-state index < -0.39 is 5.97 Å². The summed E-state index contributed by atoms with van der Waals surface area (Å²) >= 11 is 0. The number of carbonyl (C=O) groups is 1. The Labute approximate surface area is 140 Å². The van der Waals surface area contributed by atoms with Crippen LogP contribution in [0.25, 0.3) is 0 Å². The van der Waals surface area contributed by atoms with Crippen molar-refractivity contribution in [3.63, 3.8) is 0 Å². The number of benzene rings is 1. The zero-order chi connectivity index (χ0) is 17.5. The third kappa shape index (κ3) is 3.90. The highest BCUT2D eigenvalue weighted by Gasteiger charge is 2.14. The fourth-order valence-electron chi connectivity index (χ4n) is 2.22. The number of esters is 1. The van der Waals surface area contributed by atoms with Crippen LogP contribution in [0, 0.1) is 0 Å². The van der Waals surface area contributed by atoms with E-state index in [1.165, 1.54) is 13.4 Å². The summed E-state index contributed by atoms with van der Waals surface area (Å²) in [5.74, 6) is 0.630. The SMILES string of the molecule is CCN(CCO)c1ncnc(Nc2ccc(C(=O)OC)cc2)c1N. The lowest BCUT2D eigenvalue weighted by atomic mass is 10.2. The predicted octanol–water partition coefficient (Wildman–Crippen LogP) is 1.41. The van der Waals surface area contributed by atoms with Gasteiger partial charge >= 0.3 is 5.97 Å². The normalized spacial score (nSPS) is 10.3. The molecule has 8 heteroatoms. The number of nitrogens with one attached hydrogen (secondary N) is 1. The summed E-state index contributed by atoms with van der Waals surface area (Å²) in [4.78, 5) is 21.7. The van der Waals surface area contributed by atoms with Crippen LogP contribution in [0.4, 0.5) is 23.0 Å². The van der Waals surface area contributed by atoms with Crippen LogP contribution in [0.2, 0.25) is 0 Å².